The van der Waals surface area contributed by atoms with Crippen LogP contribution in [0.15, 0.2) is 72.8 Å². The van der Waals surface area contributed by atoms with E-state index in [0.29, 0.717) is 5.92 Å². The second-order valence-electron chi connectivity index (χ2n) is 16.6. The predicted molar refractivity (Wildman–Crippen MR) is 231 cm³/mol. The highest BCUT2D eigenvalue weighted by atomic mass is 16.5. The molecule has 0 heterocycles. The predicted octanol–water partition coefficient (Wildman–Crippen LogP) is 15.0. The largest absolute Gasteiger partial charge is 0.457 e. The summed E-state index contributed by atoms with van der Waals surface area (Å²) in [4.78, 5) is 0. The number of anilines is 2. The molecule has 4 aromatic rings. The van der Waals surface area contributed by atoms with Gasteiger partial charge in [0.25, 0.3) is 0 Å². The lowest BCUT2D eigenvalue weighted by molar-refractivity contribution is 0.240. The number of unbranched alkanes of at least 4 members (excludes halogenated alkanes) is 13. The second-order valence-corrected chi connectivity index (χ2v) is 16.6. The van der Waals surface area contributed by atoms with Crippen molar-refractivity contribution in [1.82, 2.24) is 0 Å². The normalized spacial score (nSPS) is 15.3. The number of ether oxygens (including phenoxy) is 2. The number of aryl methyl sites for hydroxylation is 4. The summed E-state index contributed by atoms with van der Waals surface area (Å²) in [5.74, 6) is 4.22. The summed E-state index contributed by atoms with van der Waals surface area (Å²) >= 11 is 0. The van der Waals surface area contributed by atoms with E-state index in [-0.39, 0.29) is 5.41 Å². The molecule has 54 heavy (non-hydrogen) atoms. The van der Waals surface area contributed by atoms with Crippen LogP contribution in [0, 0.1) is 33.6 Å². The van der Waals surface area contributed by atoms with E-state index in [1.54, 1.807) is 0 Å². The van der Waals surface area contributed by atoms with E-state index < -0.39 is 0 Å². The van der Waals surface area contributed by atoms with Gasteiger partial charge in [0.1, 0.15) is 23.0 Å². The first kappa shape index (κ1) is 41.2. The van der Waals surface area contributed by atoms with Crippen LogP contribution < -0.4 is 20.9 Å². The smallest absolute Gasteiger partial charge is 0.133 e. The molecule has 1 fully saturated rings. The van der Waals surface area contributed by atoms with Crippen LogP contribution in [0.3, 0.4) is 0 Å². The fourth-order valence-electron chi connectivity index (χ4n) is 9.04. The lowest BCUT2D eigenvalue weighted by atomic mass is 9.61. The van der Waals surface area contributed by atoms with E-state index in [2.05, 4.69) is 58.9 Å². The highest BCUT2D eigenvalue weighted by molar-refractivity contribution is 5.55. The van der Waals surface area contributed by atoms with Gasteiger partial charge in [-0.1, -0.05) is 140 Å². The Morgan fingerprint density at radius 1 is 0.537 bits per heavy atom. The van der Waals surface area contributed by atoms with Gasteiger partial charge in [-0.2, -0.15) is 0 Å². The van der Waals surface area contributed by atoms with E-state index in [1.165, 1.54) is 149 Å². The Bertz CT molecular complexity index is 1580. The lowest BCUT2D eigenvalue weighted by Crippen LogP contribution is -2.35. The van der Waals surface area contributed by atoms with Crippen molar-refractivity contribution in [2.45, 2.75) is 162 Å². The van der Waals surface area contributed by atoms with Gasteiger partial charge in [0, 0.05) is 16.8 Å². The van der Waals surface area contributed by atoms with Crippen molar-refractivity contribution >= 4 is 11.4 Å². The first-order valence-corrected chi connectivity index (χ1v) is 21.5. The van der Waals surface area contributed by atoms with E-state index in [0.717, 1.165) is 40.8 Å². The maximum atomic E-state index is 6.47. The highest BCUT2D eigenvalue weighted by Gasteiger charge is 2.40. The average Bonchev–Trinajstić information content (AvgIpc) is 3.16. The van der Waals surface area contributed by atoms with Crippen LogP contribution in [0.5, 0.6) is 23.0 Å². The molecule has 5 rings (SSSR count). The van der Waals surface area contributed by atoms with Crippen molar-refractivity contribution in [2.24, 2.45) is 5.92 Å². The van der Waals surface area contributed by atoms with Gasteiger partial charge in [-0.05, 0) is 128 Å². The molecule has 1 aliphatic rings. The van der Waals surface area contributed by atoms with Gasteiger partial charge in [0.05, 0.1) is 0 Å². The Hall–Kier alpha value is -3.92. The monoisotopic (exact) mass is 731 g/mol. The molecule has 4 nitrogen and oxygen atoms in total. The molecule has 4 aromatic carbocycles. The zero-order chi connectivity index (χ0) is 38.3. The first-order valence-electron chi connectivity index (χ1n) is 21.5. The number of benzene rings is 4. The van der Waals surface area contributed by atoms with Crippen LogP contribution in [-0.2, 0) is 5.41 Å². The summed E-state index contributed by atoms with van der Waals surface area (Å²) in [5.41, 5.74) is 20.9. The maximum absolute atomic E-state index is 6.47. The average molecular weight is 731 g/mol. The van der Waals surface area contributed by atoms with Gasteiger partial charge < -0.3 is 20.9 Å². The third-order valence-corrected chi connectivity index (χ3v) is 12.0. The zero-order valence-corrected chi connectivity index (χ0v) is 34.4. The molecule has 1 unspecified atom stereocenters. The Morgan fingerprint density at radius 3 is 1.30 bits per heavy atom. The number of nitrogen functional groups attached to an aromatic ring is 2. The molecule has 0 saturated heterocycles. The molecule has 0 radical (unpaired) electrons. The minimum absolute atomic E-state index is 0.0661. The number of hydrogen-bond donors (Lipinski definition) is 2. The van der Waals surface area contributed by atoms with Gasteiger partial charge in [-0.3, -0.25) is 0 Å². The van der Waals surface area contributed by atoms with Gasteiger partial charge in [0.2, 0.25) is 0 Å². The van der Waals surface area contributed by atoms with Gasteiger partial charge in [-0.15, -0.1) is 0 Å². The molecule has 0 amide bonds. The number of hydrogen-bond acceptors (Lipinski definition) is 4. The van der Waals surface area contributed by atoms with Crippen LogP contribution in [0.4, 0.5) is 11.4 Å². The number of nitrogens with two attached hydrogens (primary N) is 2. The van der Waals surface area contributed by atoms with Gasteiger partial charge in [-0.25, -0.2) is 0 Å². The molecule has 0 bridgehead atoms. The van der Waals surface area contributed by atoms with E-state index in [4.69, 9.17) is 20.9 Å². The Kier molecular flexibility index (Phi) is 15.8. The summed E-state index contributed by atoms with van der Waals surface area (Å²) in [5, 5.41) is 0. The molecule has 4 heteroatoms. The van der Waals surface area contributed by atoms with Crippen molar-refractivity contribution in [3.63, 3.8) is 0 Å². The van der Waals surface area contributed by atoms with E-state index in [1.807, 2.05) is 48.5 Å². The third-order valence-electron chi connectivity index (χ3n) is 12.0. The molecule has 292 valence electrons. The topological polar surface area (TPSA) is 70.5 Å². The van der Waals surface area contributed by atoms with E-state index >= 15 is 0 Å². The molecule has 1 saturated carbocycles. The summed E-state index contributed by atoms with van der Waals surface area (Å²) < 4.78 is 12.9. The Labute approximate surface area is 328 Å². The van der Waals surface area contributed by atoms with Crippen LogP contribution in [0.1, 0.15) is 162 Å². The molecule has 0 aromatic heterocycles. The Morgan fingerprint density at radius 2 is 0.907 bits per heavy atom. The number of rotatable bonds is 21. The van der Waals surface area contributed by atoms with Crippen LogP contribution in [0.25, 0.3) is 0 Å². The van der Waals surface area contributed by atoms with Crippen molar-refractivity contribution in [2.75, 3.05) is 11.5 Å². The molecular weight excluding hydrogens is 661 g/mol. The minimum Gasteiger partial charge on any atom is -0.457 e. The SMILES string of the molecule is CCCCCCCCCCCCCCCCC1CCCC(c2cc(C)c(Oc3ccc(N)cc3)c(C)c2)(c2cc(C)c(Oc3ccc(N)cc3)c(C)c2)C1. The maximum Gasteiger partial charge on any atom is 0.133 e. The van der Waals surface area contributed by atoms with Crippen molar-refractivity contribution in [3.8, 4) is 23.0 Å². The summed E-state index contributed by atoms with van der Waals surface area (Å²) in [6.45, 7) is 11.1. The second kappa shape index (κ2) is 20.7. The standard InChI is InChI=1S/C50H70N2O2/c1-6-7-8-9-10-11-12-13-14-15-16-17-18-19-21-41-22-20-31-50(36-41,42-32-37(2)48(38(3)33-42)53-46-27-23-44(51)24-28-46)43-34-39(4)49(40(5)35-43)54-47-29-25-45(52)26-30-47/h23-30,32-35,41H,6-22,31,36,51-52H2,1-5H3. The minimum atomic E-state index is -0.0661. The molecular formula is C50H70N2O2. The van der Waals surface area contributed by atoms with Crippen LogP contribution >= 0.6 is 0 Å². The third kappa shape index (κ3) is 11.5. The fourth-order valence-corrected chi connectivity index (χ4v) is 9.04. The quantitative estimate of drug-likeness (QED) is 0.0661. The van der Waals surface area contributed by atoms with Crippen LogP contribution in [0.2, 0.25) is 0 Å². The zero-order valence-electron chi connectivity index (χ0n) is 34.4. The molecule has 0 aliphatic heterocycles. The summed E-state index contributed by atoms with van der Waals surface area (Å²) in [7, 11) is 0. The van der Waals surface area contributed by atoms with Crippen molar-refractivity contribution in [1.29, 1.82) is 0 Å². The molecule has 1 aliphatic carbocycles. The van der Waals surface area contributed by atoms with E-state index in [9.17, 15) is 0 Å². The van der Waals surface area contributed by atoms with Gasteiger partial charge >= 0.3 is 0 Å². The van der Waals surface area contributed by atoms with Crippen LogP contribution in [-0.4, -0.2) is 0 Å². The summed E-state index contributed by atoms with van der Waals surface area (Å²) in [6.07, 6.45) is 25.9. The molecule has 4 N–H and O–H groups in total. The first-order chi connectivity index (χ1) is 26.2. The fraction of sp³-hybridized carbons (Fsp3) is 0.520. The highest BCUT2D eigenvalue weighted by Crippen LogP contribution is 2.51. The molecule has 0 spiro atoms. The summed E-state index contributed by atoms with van der Waals surface area (Å²) in [6, 6.07) is 25.1. The lowest BCUT2D eigenvalue weighted by Gasteiger charge is -2.43. The molecule has 1 atom stereocenters. The Balaban J connectivity index is 1.28. The van der Waals surface area contributed by atoms with Crippen molar-refractivity contribution < 1.29 is 9.47 Å². The van der Waals surface area contributed by atoms with Gasteiger partial charge in [0.15, 0.2) is 0 Å². The van der Waals surface area contributed by atoms with Crippen molar-refractivity contribution in [3.05, 3.63) is 106 Å².